The molecule has 0 bridgehead atoms. The van der Waals surface area contributed by atoms with Crippen molar-refractivity contribution in [1.29, 1.82) is 0 Å². The molecular formula is C13H22N2O4. The molecule has 0 aliphatic heterocycles. The van der Waals surface area contributed by atoms with Gasteiger partial charge in [-0.05, 0) is 33.1 Å². The summed E-state index contributed by atoms with van der Waals surface area (Å²) in [5.74, 6) is -1.91. The molecular weight excluding hydrogens is 248 g/mol. The first-order chi connectivity index (χ1) is 8.86. The molecule has 3 atom stereocenters. The van der Waals surface area contributed by atoms with Crippen LogP contribution in [0.25, 0.3) is 0 Å². The van der Waals surface area contributed by atoms with E-state index >= 15 is 0 Å². The number of carboxylic acid groups (broad SMARTS) is 1. The van der Waals surface area contributed by atoms with Crippen molar-refractivity contribution in [2.24, 2.45) is 11.8 Å². The van der Waals surface area contributed by atoms with Crippen LogP contribution in [0.2, 0.25) is 0 Å². The summed E-state index contributed by atoms with van der Waals surface area (Å²) in [7, 11) is 1.68. The van der Waals surface area contributed by atoms with Gasteiger partial charge in [0, 0.05) is 19.5 Å². The van der Waals surface area contributed by atoms with Gasteiger partial charge in [-0.3, -0.25) is 14.4 Å². The first-order valence-electron chi connectivity index (χ1n) is 6.65. The predicted octanol–water partition coefficient (Wildman–Crippen LogP) is 0.470. The number of hydrogen-bond acceptors (Lipinski definition) is 3. The van der Waals surface area contributed by atoms with Crippen molar-refractivity contribution in [1.82, 2.24) is 10.2 Å². The molecule has 0 radical (unpaired) electrons. The van der Waals surface area contributed by atoms with Crippen molar-refractivity contribution in [3.05, 3.63) is 0 Å². The molecule has 1 aliphatic carbocycles. The lowest BCUT2D eigenvalue weighted by atomic mass is 10.0. The molecule has 0 spiro atoms. The lowest BCUT2D eigenvalue weighted by Gasteiger charge is -2.21. The second-order valence-electron chi connectivity index (χ2n) is 5.13. The Bertz CT molecular complexity index is 370. The number of likely N-dealkylation sites (N-methyl/N-ethyl adjacent to an activating group) is 1. The number of carbonyl (C=O) groups excluding carboxylic acids is 2. The molecule has 2 amide bonds. The van der Waals surface area contributed by atoms with E-state index in [-0.39, 0.29) is 17.7 Å². The van der Waals surface area contributed by atoms with Gasteiger partial charge in [0.25, 0.3) is 0 Å². The molecule has 6 nitrogen and oxygen atoms in total. The number of nitrogens with zero attached hydrogens (tertiary/aromatic N) is 1. The first kappa shape index (κ1) is 15.5. The minimum absolute atomic E-state index is 0.136. The predicted molar refractivity (Wildman–Crippen MR) is 69.4 cm³/mol. The molecule has 1 fully saturated rings. The topological polar surface area (TPSA) is 86.7 Å². The van der Waals surface area contributed by atoms with Crippen LogP contribution in [-0.2, 0) is 14.4 Å². The van der Waals surface area contributed by atoms with Crippen LogP contribution in [0.4, 0.5) is 0 Å². The maximum absolute atomic E-state index is 12.0. The zero-order chi connectivity index (χ0) is 14.6. The lowest BCUT2D eigenvalue weighted by molar-refractivity contribution is -0.141. The highest BCUT2D eigenvalue weighted by atomic mass is 16.4. The Labute approximate surface area is 113 Å². The summed E-state index contributed by atoms with van der Waals surface area (Å²) in [4.78, 5) is 36.2. The van der Waals surface area contributed by atoms with Crippen LogP contribution in [0.3, 0.4) is 0 Å². The summed E-state index contributed by atoms with van der Waals surface area (Å²) in [6.07, 6.45) is 1.48. The van der Waals surface area contributed by atoms with Crippen molar-refractivity contribution < 1.29 is 19.5 Å². The van der Waals surface area contributed by atoms with Gasteiger partial charge in [0.2, 0.25) is 11.8 Å². The molecule has 0 aromatic carbocycles. The monoisotopic (exact) mass is 270 g/mol. The minimum Gasteiger partial charge on any atom is -0.481 e. The Morgan fingerprint density at radius 3 is 2.37 bits per heavy atom. The molecule has 1 aliphatic rings. The smallest absolute Gasteiger partial charge is 0.306 e. The highest BCUT2D eigenvalue weighted by Gasteiger charge is 2.34. The minimum atomic E-state index is -0.842. The molecule has 1 saturated carbocycles. The largest absolute Gasteiger partial charge is 0.481 e. The Morgan fingerprint density at radius 1 is 1.32 bits per heavy atom. The average Bonchev–Trinajstić information content (AvgIpc) is 2.86. The summed E-state index contributed by atoms with van der Waals surface area (Å²) in [6, 6.07) is -0.568. The van der Waals surface area contributed by atoms with Crippen LogP contribution >= 0.6 is 0 Å². The van der Waals surface area contributed by atoms with Crippen LogP contribution in [-0.4, -0.2) is 47.4 Å². The summed E-state index contributed by atoms with van der Waals surface area (Å²) in [5, 5.41) is 11.6. The van der Waals surface area contributed by atoms with Crippen LogP contribution in [0.15, 0.2) is 0 Å². The first-order valence-corrected chi connectivity index (χ1v) is 6.65. The fourth-order valence-electron chi connectivity index (χ4n) is 2.32. The van der Waals surface area contributed by atoms with E-state index in [1.54, 1.807) is 18.9 Å². The van der Waals surface area contributed by atoms with Gasteiger partial charge in [-0.25, -0.2) is 0 Å². The average molecular weight is 270 g/mol. The summed E-state index contributed by atoms with van der Waals surface area (Å²) in [6.45, 7) is 4.10. The van der Waals surface area contributed by atoms with E-state index in [0.29, 0.717) is 25.8 Å². The van der Waals surface area contributed by atoms with Crippen molar-refractivity contribution >= 4 is 17.8 Å². The second kappa shape index (κ2) is 6.54. The maximum Gasteiger partial charge on any atom is 0.306 e. The van der Waals surface area contributed by atoms with Crippen molar-refractivity contribution in [2.75, 3.05) is 13.6 Å². The van der Waals surface area contributed by atoms with Gasteiger partial charge in [-0.2, -0.15) is 0 Å². The van der Waals surface area contributed by atoms with E-state index in [4.69, 9.17) is 5.11 Å². The lowest BCUT2D eigenvalue weighted by Crippen LogP contribution is -2.47. The maximum atomic E-state index is 12.0. The van der Waals surface area contributed by atoms with E-state index in [2.05, 4.69) is 5.32 Å². The van der Waals surface area contributed by atoms with Crippen LogP contribution in [0, 0.1) is 11.8 Å². The summed E-state index contributed by atoms with van der Waals surface area (Å²) < 4.78 is 0. The molecule has 0 heterocycles. The Kier molecular flexibility index (Phi) is 5.32. The van der Waals surface area contributed by atoms with Crippen LogP contribution in [0.5, 0.6) is 0 Å². The molecule has 108 valence electrons. The van der Waals surface area contributed by atoms with Gasteiger partial charge >= 0.3 is 5.97 Å². The normalized spacial score (nSPS) is 23.7. The van der Waals surface area contributed by atoms with Crippen LogP contribution in [0.1, 0.15) is 33.1 Å². The number of aliphatic carboxylic acids is 1. The standard InChI is InChI=1S/C13H22N2O4/c1-4-15(3)12(17)8(2)14-11(16)9-5-6-10(7-9)13(18)19/h8-10H,4-7H2,1-3H3,(H,14,16)(H,18,19)/t8?,9-,10+/m1/s1. The highest BCUT2D eigenvalue weighted by Crippen LogP contribution is 2.31. The number of rotatable bonds is 5. The summed E-state index contributed by atoms with van der Waals surface area (Å²) in [5.41, 5.74) is 0. The zero-order valence-corrected chi connectivity index (χ0v) is 11.7. The molecule has 1 unspecified atom stereocenters. The zero-order valence-electron chi connectivity index (χ0n) is 11.7. The van der Waals surface area contributed by atoms with Gasteiger partial charge in [0.15, 0.2) is 0 Å². The molecule has 19 heavy (non-hydrogen) atoms. The third-order valence-electron chi connectivity index (χ3n) is 3.73. The SMILES string of the molecule is CCN(C)C(=O)C(C)NC(=O)[C@@H]1CC[C@H](C(=O)O)C1. The van der Waals surface area contributed by atoms with Crippen molar-refractivity contribution in [3.8, 4) is 0 Å². The van der Waals surface area contributed by atoms with Crippen LogP contribution < -0.4 is 5.32 Å². The second-order valence-corrected chi connectivity index (χ2v) is 5.13. The van der Waals surface area contributed by atoms with Gasteiger partial charge in [0.05, 0.1) is 5.92 Å². The van der Waals surface area contributed by atoms with E-state index in [9.17, 15) is 14.4 Å². The molecule has 0 aromatic rings. The molecule has 6 heteroatoms. The Hall–Kier alpha value is -1.59. The summed E-state index contributed by atoms with van der Waals surface area (Å²) >= 11 is 0. The highest BCUT2D eigenvalue weighted by molar-refractivity contribution is 5.88. The molecule has 0 saturated heterocycles. The third kappa shape index (κ3) is 3.94. The Balaban J connectivity index is 2.48. The van der Waals surface area contributed by atoms with E-state index in [0.717, 1.165) is 0 Å². The number of carboxylic acids is 1. The number of hydrogen-bond donors (Lipinski definition) is 2. The number of nitrogens with one attached hydrogen (secondary N) is 1. The molecule has 0 aromatic heterocycles. The fourth-order valence-corrected chi connectivity index (χ4v) is 2.32. The number of carbonyl (C=O) groups is 3. The van der Waals surface area contributed by atoms with Gasteiger partial charge in [0.1, 0.15) is 6.04 Å². The van der Waals surface area contributed by atoms with Gasteiger partial charge in [-0.1, -0.05) is 0 Å². The molecule has 1 rings (SSSR count). The number of amides is 2. The van der Waals surface area contributed by atoms with E-state index in [1.807, 2.05) is 6.92 Å². The molecule has 2 N–H and O–H groups in total. The van der Waals surface area contributed by atoms with Gasteiger partial charge in [-0.15, -0.1) is 0 Å². The Morgan fingerprint density at radius 2 is 1.89 bits per heavy atom. The fraction of sp³-hybridized carbons (Fsp3) is 0.769. The quantitative estimate of drug-likeness (QED) is 0.760. The van der Waals surface area contributed by atoms with Gasteiger partial charge < -0.3 is 15.3 Å². The van der Waals surface area contributed by atoms with E-state index in [1.165, 1.54) is 0 Å². The van der Waals surface area contributed by atoms with Crippen molar-refractivity contribution in [3.63, 3.8) is 0 Å². The third-order valence-corrected chi connectivity index (χ3v) is 3.73. The van der Waals surface area contributed by atoms with Crippen molar-refractivity contribution in [2.45, 2.75) is 39.2 Å². The van der Waals surface area contributed by atoms with E-state index < -0.39 is 17.9 Å².